The lowest BCUT2D eigenvalue weighted by Crippen LogP contribution is -2.63. The Bertz CT molecular complexity index is 1120. The minimum atomic E-state index is -4.51. The first-order valence-electron chi connectivity index (χ1n) is 10.2. The van der Waals surface area contributed by atoms with E-state index in [0.717, 1.165) is 23.7 Å². The van der Waals surface area contributed by atoms with Crippen LogP contribution in [0.2, 0.25) is 0 Å². The molecule has 2 fully saturated rings. The monoisotopic (exact) mass is 453 g/mol. The molecule has 0 aromatic carbocycles. The summed E-state index contributed by atoms with van der Waals surface area (Å²) in [6, 6.07) is 2.96. The summed E-state index contributed by atoms with van der Waals surface area (Å²) in [5.74, 6) is 0.559. The fourth-order valence-electron chi connectivity index (χ4n) is 4.72. The Morgan fingerprint density at radius 1 is 1.06 bits per heavy atom. The van der Waals surface area contributed by atoms with Crippen LogP contribution < -0.4 is 9.80 Å². The molecule has 0 atom stereocenters. The van der Waals surface area contributed by atoms with E-state index in [9.17, 15) is 22.0 Å². The number of hydrogen-bond acceptors (Lipinski definition) is 6. The molecule has 0 unspecified atom stereocenters. The van der Waals surface area contributed by atoms with Crippen LogP contribution in [0.5, 0.6) is 0 Å². The van der Waals surface area contributed by atoms with Gasteiger partial charge in [0.15, 0.2) is 11.3 Å². The molecule has 0 aliphatic carbocycles. The molecule has 2 aliphatic heterocycles. The lowest BCUT2D eigenvalue weighted by molar-refractivity contribution is -0.140. The highest BCUT2D eigenvalue weighted by molar-refractivity contribution is 5.71. The summed E-state index contributed by atoms with van der Waals surface area (Å²) >= 11 is 0. The van der Waals surface area contributed by atoms with Crippen molar-refractivity contribution in [2.45, 2.75) is 32.0 Å². The van der Waals surface area contributed by atoms with Crippen LogP contribution in [-0.4, -0.2) is 57.3 Å². The second kappa shape index (κ2) is 7.52. The third-order valence-corrected chi connectivity index (χ3v) is 6.08. The molecule has 7 nitrogen and oxygen atoms in total. The Morgan fingerprint density at radius 2 is 1.84 bits per heavy atom. The zero-order chi connectivity index (χ0) is 22.5. The highest BCUT2D eigenvalue weighted by Crippen LogP contribution is 2.45. The molecule has 32 heavy (non-hydrogen) atoms. The minimum absolute atomic E-state index is 0.0971. The molecule has 0 bridgehead atoms. The van der Waals surface area contributed by atoms with Gasteiger partial charge < -0.3 is 9.80 Å². The first-order chi connectivity index (χ1) is 15.2. The highest BCUT2D eigenvalue weighted by Gasteiger charge is 2.48. The van der Waals surface area contributed by atoms with Crippen molar-refractivity contribution in [1.82, 2.24) is 24.7 Å². The Labute approximate surface area is 179 Å². The van der Waals surface area contributed by atoms with Crippen LogP contribution >= 0.6 is 0 Å². The summed E-state index contributed by atoms with van der Waals surface area (Å²) in [5, 5.41) is 3.94. The van der Waals surface area contributed by atoms with Crippen LogP contribution in [-0.2, 0) is 12.7 Å². The number of hydrogen-bond donors (Lipinski definition) is 0. The van der Waals surface area contributed by atoms with E-state index in [-0.39, 0.29) is 11.1 Å². The third-order valence-electron chi connectivity index (χ3n) is 6.08. The maximum absolute atomic E-state index is 13.3. The standard InChI is InChI=1S/C20H20F5N7/c21-15(22)9-32-18-13(7-28-32)27-8-16(29-18)30-6-2-4-19(10-30)11-31(12-19)14-3-1-5-26-17(14)20(23,24)25/h1,3,5,7-8,15H,2,4,6,9-12H2. The smallest absolute Gasteiger partial charge is 0.368 e. The van der Waals surface area contributed by atoms with E-state index in [1.807, 2.05) is 4.90 Å². The van der Waals surface area contributed by atoms with E-state index < -0.39 is 24.8 Å². The van der Waals surface area contributed by atoms with Crippen LogP contribution in [0, 0.1) is 5.41 Å². The normalized spacial score (nSPS) is 18.6. The van der Waals surface area contributed by atoms with Gasteiger partial charge >= 0.3 is 6.18 Å². The summed E-state index contributed by atoms with van der Waals surface area (Å²) in [6.07, 6.45) is -1.18. The molecule has 2 aliphatic rings. The predicted molar refractivity (Wildman–Crippen MR) is 107 cm³/mol. The van der Waals surface area contributed by atoms with Crippen molar-refractivity contribution >= 4 is 22.7 Å². The Balaban J connectivity index is 1.34. The molecule has 0 radical (unpaired) electrons. The summed E-state index contributed by atoms with van der Waals surface area (Å²) in [7, 11) is 0. The molecule has 3 aromatic rings. The van der Waals surface area contributed by atoms with Gasteiger partial charge in [-0.25, -0.2) is 28.4 Å². The van der Waals surface area contributed by atoms with Gasteiger partial charge in [-0.15, -0.1) is 0 Å². The first-order valence-corrected chi connectivity index (χ1v) is 10.2. The van der Waals surface area contributed by atoms with E-state index >= 15 is 0 Å². The number of alkyl halides is 5. The number of piperidine rings is 1. The molecular weight excluding hydrogens is 433 g/mol. The van der Waals surface area contributed by atoms with Crippen molar-refractivity contribution in [2.75, 3.05) is 36.0 Å². The minimum Gasteiger partial charge on any atom is -0.368 e. The summed E-state index contributed by atoms with van der Waals surface area (Å²) < 4.78 is 66.8. The van der Waals surface area contributed by atoms with Gasteiger partial charge in [-0.3, -0.25) is 0 Å². The molecule has 12 heteroatoms. The van der Waals surface area contributed by atoms with Gasteiger partial charge in [-0.1, -0.05) is 0 Å². The van der Waals surface area contributed by atoms with Crippen LogP contribution in [0.4, 0.5) is 33.5 Å². The fourth-order valence-corrected chi connectivity index (χ4v) is 4.72. The van der Waals surface area contributed by atoms with Gasteiger partial charge in [-0.05, 0) is 25.0 Å². The molecule has 0 N–H and O–H groups in total. The fraction of sp³-hybridized carbons (Fsp3) is 0.500. The Morgan fingerprint density at radius 3 is 2.59 bits per heavy atom. The zero-order valence-electron chi connectivity index (χ0n) is 16.9. The highest BCUT2D eigenvalue weighted by atomic mass is 19.4. The Kier molecular flexibility index (Phi) is 4.90. The van der Waals surface area contributed by atoms with Crippen molar-refractivity contribution in [2.24, 2.45) is 5.41 Å². The van der Waals surface area contributed by atoms with Gasteiger partial charge in [0.05, 0.1) is 18.1 Å². The zero-order valence-corrected chi connectivity index (χ0v) is 16.9. The summed E-state index contributed by atoms with van der Waals surface area (Å²) in [6.45, 7) is 1.72. The largest absolute Gasteiger partial charge is 0.435 e. The molecule has 0 amide bonds. The molecular formula is C20H20F5N7. The van der Waals surface area contributed by atoms with E-state index in [1.54, 1.807) is 11.1 Å². The molecule has 2 saturated heterocycles. The second-order valence-electron chi connectivity index (χ2n) is 8.40. The molecule has 1 spiro atoms. The van der Waals surface area contributed by atoms with Crippen LogP contribution in [0.15, 0.2) is 30.7 Å². The lowest BCUT2D eigenvalue weighted by Gasteiger charge is -2.55. The van der Waals surface area contributed by atoms with Crippen LogP contribution in [0.25, 0.3) is 11.2 Å². The van der Waals surface area contributed by atoms with Crippen LogP contribution in [0.1, 0.15) is 18.5 Å². The second-order valence-corrected chi connectivity index (χ2v) is 8.40. The van der Waals surface area contributed by atoms with Gasteiger partial charge in [0.2, 0.25) is 0 Å². The average molecular weight is 453 g/mol. The number of pyridine rings is 1. The van der Waals surface area contributed by atoms with Crippen molar-refractivity contribution < 1.29 is 22.0 Å². The number of rotatable bonds is 4. The number of fused-ring (bicyclic) bond motifs is 1. The lowest BCUT2D eigenvalue weighted by atomic mass is 9.73. The van der Waals surface area contributed by atoms with Gasteiger partial charge in [0.25, 0.3) is 6.43 Å². The quantitative estimate of drug-likeness (QED) is 0.563. The van der Waals surface area contributed by atoms with Crippen molar-refractivity contribution in [3.8, 4) is 0 Å². The average Bonchev–Trinajstić information content (AvgIpc) is 3.13. The van der Waals surface area contributed by atoms with Crippen molar-refractivity contribution in [1.29, 1.82) is 0 Å². The first kappa shape index (κ1) is 20.8. The molecule has 170 valence electrons. The van der Waals surface area contributed by atoms with Gasteiger partial charge in [0.1, 0.15) is 17.9 Å². The van der Waals surface area contributed by atoms with E-state index in [1.165, 1.54) is 18.3 Å². The number of nitrogens with zero attached hydrogens (tertiary/aromatic N) is 7. The molecule has 0 saturated carbocycles. The van der Waals surface area contributed by atoms with Gasteiger partial charge in [0, 0.05) is 37.8 Å². The van der Waals surface area contributed by atoms with E-state index in [2.05, 4.69) is 20.1 Å². The Hall–Kier alpha value is -3.05. The molecule has 5 heterocycles. The van der Waals surface area contributed by atoms with Crippen molar-refractivity contribution in [3.05, 3.63) is 36.4 Å². The maximum Gasteiger partial charge on any atom is 0.435 e. The molecule has 5 rings (SSSR count). The van der Waals surface area contributed by atoms with Crippen LogP contribution in [0.3, 0.4) is 0 Å². The number of anilines is 2. The van der Waals surface area contributed by atoms with Gasteiger partial charge in [-0.2, -0.15) is 18.3 Å². The SMILES string of the molecule is FC(F)Cn1ncc2ncc(N3CCCC4(C3)CN(c3cccnc3C(F)(F)F)C4)nc21. The summed E-state index contributed by atoms with van der Waals surface area (Å²) in [5.41, 5.74) is -0.211. The number of halogens is 5. The molecule has 3 aromatic heterocycles. The summed E-state index contributed by atoms with van der Waals surface area (Å²) in [4.78, 5) is 16.1. The maximum atomic E-state index is 13.3. The predicted octanol–water partition coefficient (Wildman–Crippen LogP) is 3.61. The van der Waals surface area contributed by atoms with Crippen molar-refractivity contribution in [3.63, 3.8) is 0 Å². The van der Waals surface area contributed by atoms with E-state index in [4.69, 9.17) is 0 Å². The van der Waals surface area contributed by atoms with E-state index in [0.29, 0.717) is 43.2 Å². The topological polar surface area (TPSA) is 63.0 Å². The number of aromatic nitrogens is 5. The third kappa shape index (κ3) is 3.71.